The van der Waals surface area contributed by atoms with E-state index in [1.54, 1.807) is 13.0 Å². The molecule has 1 aromatic rings. The number of nitro benzene ring substituents is 1. The molecule has 1 aliphatic carbocycles. The number of rotatable bonds is 3. The number of carbonyl (C=O) groups is 1. The van der Waals surface area contributed by atoms with E-state index in [2.05, 4.69) is 10.6 Å². The maximum Gasteiger partial charge on any atom is 0.319 e. The molecule has 0 aromatic heterocycles. The van der Waals surface area contributed by atoms with Gasteiger partial charge < -0.3 is 10.6 Å². The van der Waals surface area contributed by atoms with Crippen LogP contribution < -0.4 is 10.6 Å². The van der Waals surface area contributed by atoms with Crippen LogP contribution in [-0.4, -0.2) is 17.0 Å². The third-order valence-electron chi connectivity index (χ3n) is 3.11. The summed E-state index contributed by atoms with van der Waals surface area (Å²) in [6, 6.07) is 4.39. The van der Waals surface area contributed by atoms with Crippen LogP contribution in [0, 0.1) is 17.0 Å². The minimum atomic E-state index is -0.453. The Balaban J connectivity index is 2.00. The topological polar surface area (TPSA) is 84.3 Å². The van der Waals surface area contributed by atoms with Gasteiger partial charge in [-0.3, -0.25) is 10.1 Å². The molecule has 1 aromatic carbocycles. The number of non-ortho nitro benzene ring substituents is 1. The fourth-order valence-corrected chi connectivity index (χ4v) is 1.80. The number of carbonyl (C=O) groups excluding carboxylic acids is 1. The minimum absolute atomic E-state index is 0.0254. The van der Waals surface area contributed by atoms with E-state index in [9.17, 15) is 14.9 Å². The first kappa shape index (κ1) is 12.3. The van der Waals surface area contributed by atoms with Crippen molar-refractivity contribution in [3.63, 3.8) is 0 Å². The maximum absolute atomic E-state index is 11.6. The highest BCUT2D eigenvalue weighted by atomic mass is 16.6. The van der Waals surface area contributed by atoms with Gasteiger partial charge in [0.2, 0.25) is 0 Å². The molecule has 6 heteroatoms. The first-order valence-corrected chi connectivity index (χ1v) is 5.89. The molecule has 1 fully saturated rings. The van der Waals surface area contributed by atoms with Crippen molar-refractivity contribution in [2.24, 2.45) is 0 Å². The normalized spacial score (nSPS) is 14.7. The van der Waals surface area contributed by atoms with Gasteiger partial charge in [-0.05, 0) is 37.8 Å². The van der Waals surface area contributed by atoms with Crippen molar-refractivity contribution in [1.29, 1.82) is 0 Å². The second kappa shape index (κ2) is 5.03. The average molecular weight is 249 g/mol. The summed E-state index contributed by atoms with van der Waals surface area (Å²) in [6.45, 7) is 1.73. The number of urea groups is 1. The summed E-state index contributed by atoms with van der Waals surface area (Å²) in [5, 5.41) is 16.1. The minimum Gasteiger partial charge on any atom is -0.335 e. The van der Waals surface area contributed by atoms with Crippen LogP contribution in [0.15, 0.2) is 18.2 Å². The van der Waals surface area contributed by atoms with Crippen LogP contribution in [0.3, 0.4) is 0 Å². The van der Waals surface area contributed by atoms with Gasteiger partial charge in [-0.1, -0.05) is 0 Å². The van der Waals surface area contributed by atoms with Gasteiger partial charge in [-0.2, -0.15) is 0 Å². The molecule has 0 atom stereocenters. The highest BCUT2D eigenvalue weighted by molar-refractivity contribution is 5.90. The lowest BCUT2D eigenvalue weighted by atomic mass is 9.93. The molecule has 0 radical (unpaired) electrons. The van der Waals surface area contributed by atoms with Crippen LogP contribution in [0.25, 0.3) is 0 Å². The van der Waals surface area contributed by atoms with Crippen molar-refractivity contribution in [1.82, 2.24) is 5.32 Å². The molecule has 2 amide bonds. The number of hydrogen-bond donors (Lipinski definition) is 2. The summed E-state index contributed by atoms with van der Waals surface area (Å²) in [4.78, 5) is 21.8. The van der Waals surface area contributed by atoms with E-state index in [4.69, 9.17) is 0 Å². The van der Waals surface area contributed by atoms with Crippen LogP contribution in [-0.2, 0) is 0 Å². The predicted octanol–water partition coefficient (Wildman–Crippen LogP) is 2.58. The molecule has 1 aliphatic rings. The summed E-state index contributed by atoms with van der Waals surface area (Å²) < 4.78 is 0. The summed E-state index contributed by atoms with van der Waals surface area (Å²) in [5.41, 5.74) is 1.29. The lowest BCUT2D eigenvalue weighted by Crippen LogP contribution is -2.41. The van der Waals surface area contributed by atoms with Crippen molar-refractivity contribution in [2.45, 2.75) is 32.2 Å². The Hall–Kier alpha value is -2.11. The number of aryl methyl sites for hydroxylation is 1. The Bertz CT molecular complexity index is 483. The van der Waals surface area contributed by atoms with Crippen LogP contribution in [0.1, 0.15) is 24.8 Å². The van der Waals surface area contributed by atoms with Gasteiger partial charge >= 0.3 is 6.03 Å². The summed E-state index contributed by atoms with van der Waals surface area (Å²) in [6.07, 6.45) is 3.20. The summed E-state index contributed by atoms with van der Waals surface area (Å²) >= 11 is 0. The van der Waals surface area contributed by atoms with E-state index in [1.807, 2.05) is 0 Å². The molecule has 1 saturated carbocycles. The van der Waals surface area contributed by atoms with Crippen LogP contribution in [0.5, 0.6) is 0 Å². The van der Waals surface area contributed by atoms with Crippen molar-refractivity contribution in [2.75, 3.05) is 5.32 Å². The number of amides is 2. The maximum atomic E-state index is 11.6. The molecule has 6 nitrogen and oxygen atoms in total. The van der Waals surface area contributed by atoms with Crippen LogP contribution >= 0.6 is 0 Å². The number of hydrogen-bond acceptors (Lipinski definition) is 3. The summed E-state index contributed by atoms with van der Waals surface area (Å²) in [5.74, 6) is 0. The fraction of sp³-hybridized carbons (Fsp3) is 0.417. The van der Waals surface area contributed by atoms with Gasteiger partial charge in [0.25, 0.3) is 5.69 Å². The van der Waals surface area contributed by atoms with Crippen molar-refractivity contribution >= 4 is 17.4 Å². The average Bonchev–Trinajstić information content (AvgIpc) is 2.26. The monoisotopic (exact) mass is 249 g/mol. The van der Waals surface area contributed by atoms with E-state index in [0.717, 1.165) is 19.3 Å². The first-order chi connectivity index (χ1) is 8.56. The molecule has 0 spiro atoms. The van der Waals surface area contributed by atoms with Gasteiger partial charge in [0, 0.05) is 23.9 Å². The zero-order valence-corrected chi connectivity index (χ0v) is 10.1. The van der Waals surface area contributed by atoms with E-state index >= 15 is 0 Å². The Morgan fingerprint density at radius 1 is 1.44 bits per heavy atom. The van der Waals surface area contributed by atoms with E-state index in [-0.39, 0.29) is 17.8 Å². The van der Waals surface area contributed by atoms with E-state index < -0.39 is 4.92 Å². The molecule has 2 rings (SSSR count). The second-order valence-corrected chi connectivity index (χ2v) is 4.48. The zero-order valence-electron chi connectivity index (χ0n) is 10.1. The zero-order chi connectivity index (χ0) is 13.1. The molecular weight excluding hydrogens is 234 g/mol. The molecule has 0 bridgehead atoms. The molecule has 2 N–H and O–H groups in total. The third-order valence-corrected chi connectivity index (χ3v) is 3.11. The SMILES string of the molecule is Cc1cc([N+](=O)[O-])ccc1NC(=O)NC1CCC1. The van der Waals surface area contributed by atoms with Crippen molar-refractivity contribution in [3.05, 3.63) is 33.9 Å². The predicted molar refractivity (Wildman–Crippen MR) is 67.6 cm³/mol. The van der Waals surface area contributed by atoms with Gasteiger partial charge in [0.1, 0.15) is 0 Å². The molecular formula is C12H15N3O3. The molecule has 96 valence electrons. The first-order valence-electron chi connectivity index (χ1n) is 5.89. The van der Waals surface area contributed by atoms with Crippen LogP contribution in [0.4, 0.5) is 16.2 Å². The molecule has 0 aliphatic heterocycles. The molecule has 18 heavy (non-hydrogen) atoms. The van der Waals surface area contributed by atoms with Crippen molar-refractivity contribution < 1.29 is 9.72 Å². The van der Waals surface area contributed by atoms with Gasteiger partial charge in [-0.25, -0.2) is 4.79 Å². The number of nitro groups is 1. The summed E-state index contributed by atoms with van der Waals surface area (Å²) in [7, 11) is 0. The highest BCUT2D eigenvalue weighted by Crippen LogP contribution is 2.22. The third kappa shape index (κ3) is 2.77. The standard InChI is InChI=1S/C12H15N3O3/c1-8-7-10(15(17)18)5-6-11(8)14-12(16)13-9-3-2-4-9/h5-7,9H,2-4H2,1H3,(H2,13,14,16). The number of nitrogens with one attached hydrogen (secondary N) is 2. The Morgan fingerprint density at radius 2 is 2.17 bits per heavy atom. The smallest absolute Gasteiger partial charge is 0.319 e. The van der Waals surface area contributed by atoms with Gasteiger partial charge in [-0.15, -0.1) is 0 Å². The molecule has 0 unspecified atom stereocenters. The Morgan fingerprint density at radius 3 is 2.67 bits per heavy atom. The van der Waals surface area contributed by atoms with E-state index in [0.29, 0.717) is 11.3 Å². The Labute approximate surface area is 105 Å². The van der Waals surface area contributed by atoms with E-state index in [1.165, 1.54) is 12.1 Å². The number of nitrogens with zero attached hydrogens (tertiary/aromatic N) is 1. The fourth-order valence-electron chi connectivity index (χ4n) is 1.80. The highest BCUT2D eigenvalue weighted by Gasteiger charge is 2.19. The van der Waals surface area contributed by atoms with Crippen LogP contribution in [0.2, 0.25) is 0 Å². The lowest BCUT2D eigenvalue weighted by molar-refractivity contribution is -0.384. The largest absolute Gasteiger partial charge is 0.335 e. The lowest BCUT2D eigenvalue weighted by Gasteiger charge is -2.26. The van der Waals surface area contributed by atoms with Crippen molar-refractivity contribution in [3.8, 4) is 0 Å². The van der Waals surface area contributed by atoms with Gasteiger partial charge in [0.05, 0.1) is 4.92 Å². The second-order valence-electron chi connectivity index (χ2n) is 4.48. The molecule has 0 heterocycles. The quantitative estimate of drug-likeness (QED) is 0.637. The number of benzene rings is 1. The Kier molecular flexibility index (Phi) is 3.45. The number of anilines is 1. The van der Waals surface area contributed by atoms with Gasteiger partial charge in [0.15, 0.2) is 0 Å². The molecule has 0 saturated heterocycles.